The molecule has 0 amide bonds. The number of rotatable bonds is 1. The Morgan fingerprint density at radius 2 is 2.07 bits per heavy atom. The first-order valence-electron chi connectivity index (χ1n) is 4.46. The fourth-order valence-corrected chi connectivity index (χ4v) is 1.35. The maximum absolute atomic E-state index is 13.4. The van der Waals surface area contributed by atoms with Crippen LogP contribution in [0.3, 0.4) is 0 Å². The number of halogens is 1. The fourth-order valence-electron chi connectivity index (χ4n) is 1.35. The molecule has 1 heterocycles. The predicted molar refractivity (Wildman–Crippen MR) is 54.9 cm³/mol. The number of hydrogen-bond donors (Lipinski definition) is 0. The molecular formula is C11H9FN2O. The molecule has 0 atom stereocenters. The van der Waals surface area contributed by atoms with E-state index in [1.165, 1.54) is 16.8 Å². The zero-order chi connectivity index (χ0) is 10.8. The average molecular weight is 204 g/mol. The summed E-state index contributed by atoms with van der Waals surface area (Å²) in [7, 11) is 1.58. The van der Waals surface area contributed by atoms with Crippen LogP contribution in [0.1, 0.15) is 0 Å². The van der Waals surface area contributed by atoms with Crippen molar-refractivity contribution >= 4 is 0 Å². The summed E-state index contributed by atoms with van der Waals surface area (Å²) in [6.07, 6.45) is 2.94. The summed E-state index contributed by atoms with van der Waals surface area (Å²) >= 11 is 0. The zero-order valence-electron chi connectivity index (χ0n) is 8.14. The molecule has 0 N–H and O–H groups in total. The summed E-state index contributed by atoms with van der Waals surface area (Å²) in [5.74, 6) is -0.321. The van der Waals surface area contributed by atoms with Gasteiger partial charge in [-0.2, -0.15) is 0 Å². The van der Waals surface area contributed by atoms with Crippen molar-refractivity contribution in [1.82, 2.24) is 9.55 Å². The highest BCUT2D eigenvalue weighted by Gasteiger charge is 2.04. The number of aromatic nitrogens is 2. The van der Waals surface area contributed by atoms with Crippen molar-refractivity contribution in [3.05, 3.63) is 53.0 Å². The molecule has 0 unspecified atom stereocenters. The van der Waals surface area contributed by atoms with Gasteiger partial charge in [-0.25, -0.2) is 14.2 Å². The Labute approximate surface area is 85.8 Å². The van der Waals surface area contributed by atoms with Crippen molar-refractivity contribution in [2.75, 3.05) is 0 Å². The molecule has 0 radical (unpaired) electrons. The molecule has 76 valence electrons. The van der Waals surface area contributed by atoms with E-state index >= 15 is 0 Å². The summed E-state index contributed by atoms with van der Waals surface area (Å²) in [5.41, 5.74) is 0.686. The number of nitrogens with zero attached hydrogens (tertiary/aromatic N) is 2. The van der Waals surface area contributed by atoms with Crippen molar-refractivity contribution < 1.29 is 4.39 Å². The molecule has 0 spiro atoms. The van der Waals surface area contributed by atoms with Crippen LogP contribution in [0.5, 0.6) is 0 Å². The van der Waals surface area contributed by atoms with E-state index in [1.807, 2.05) is 0 Å². The highest BCUT2D eigenvalue weighted by atomic mass is 19.1. The number of aryl methyl sites for hydroxylation is 1. The Morgan fingerprint density at radius 1 is 1.33 bits per heavy atom. The van der Waals surface area contributed by atoms with Crippen molar-refractivity contribution in [2.24, 2.45) is 7.05 Å². The summed E-state index contributed by atoms with van der Waals surface area (Å²) in [6.45, 7) is 0. The standard InChI is InChI=1S/C11H9FN2O/c1-14-7-8(6-13-11(14)15)9-4-2-3-5-10(9)12/h2-7H,1H3. The largest absolute Gasteiger partial charge is 0.347 e. The van der Waals surface area contributed by atoms with E-state index < -0.39 is 0 Å². The molecule has 0 fully saturated rings. The quantitative estimate of drug-likeness (QED) is 0.707. The van der Waals surface area contributed by atoms with E-state index in [-0.39, 0.29) is 11.5 Å². The first-order valence-corrected chi connectivity index (χ1v) is 4.46. The topological polar surface area (TPSA) is 34.9 Å². The second-order valence-electron chi connectivity index (χ2n) is 3.22. The lowest BCUT2D eigenvalue weighted by molar-refractivity contribution is 0.630. The van der Waals surface area contributed by atoms with Gasteiger partial charge in [-0.15, -0.1) is 0 Å². The molecule has 2 aromatic rings. The fraction of sp³-hybridized carbons (Fsp3) is 0.0909. The summed E-state index contributed by atoms with van der Waals surface area (Å²) in [4.78, 5) is 14.7. The molecule has 0 bridgehead atoms. The summed E-state index contributed by atoms with van der Waals surface area (Å²) in [5, 5.41) is 0. The average Bonchev–Trinajstić information content (AvgIpc) is 2.23. The van der Waals surface area contributed by atoms with Crippen LogP contribution in [0, 0.1) is 5.82 Å². The van der Waals surface area contributed by atoms with Crippen LogP contribution in [-0.4, -0.2) is 9.55 Å². The molecule has 1 aromatic heterocycles. The second-order valence-corrected chi connectivity index (χ2v) is 3.22. The van der Waals surface area contributed by atoms with Gasteiger partial charge in [0.05, 0.1) is 0 Å². The molecule has 0 saturated heterocycles. The van der Waals surface area contributed by atoms with Crippen LogP contribution < -0.4 is 5.69 Å². The lowest BCUT2D eigenvalue weighted by atomic mass is 10.1. The Hall–Kier alpha value is -1.97. The second kappa shape index (κ2) is 3.65. The number of benzene rings is 1. The molecule has 0 aliphatic carbocycles. The van der Waals surface area contributed by atoms with Gasteiger partial charge in [0.25, 0.3) is 0 Å². The van der Waals surface area contributed by atoms with E-state index in [4.69, 9.17) is 0 Å². The maximum Gasteiger partial charge on any atom is 0.347 e. The van der Waals surface area contributed by atoms with Gasteiger partial charge in [0.2, 0.25) is 0 Å². The molecule has 0 aliphatic heterocycles. The number of hydrogen-bond acceptors (Lipinski definition) is 2. The van der Waals surface area contributed by atoms with E-state index in [9.17, 15) is 9.18 Å². The monoisotopic (exact) mass is 204 g/mol. The maximum atomic E-state index is 13.4. The van der Waals surface area contributed by atoms with Crippen molar-refractivity contribution in [3.8, 4) is 11.1 Å². The highest BCUT2D eigenvalue weighted by Crippen LogP contribution is 2.19. The first kappa shape index (κ1) is 9.58. The normalized spacial score (nSPS) is 10.3. The van der Waals surface area contributed by atoms with E-state index in [0.29, 0.717) is 11.1 Å². The van der Waals surface area contributed by atoms with Crippen LogP contribution >= 0.6 is 0 Å². The molecule has 0 saturated carbocycles. The van der Waals surface area contributed by atoms with E-state index in [1.54, 1.807) is 31.4 Å². The van der Waals surface area contributed by atoms with Gasteiger partial charge in [0.1, 0.15) is 5.82 Å². The van der Waals surface area contributed by atoms with Gasteiger partial charge in [-0.05, 0) is 6.07 Å². The van der Waals surface area contributed by atoms with Crippen molar-refractivity contribution in [1.29, 1.82) is 0 Å². The van der Waals surface area contributed by atoms with Crippen molar-refractivity contribution in [3.63, 3.8) is 0 Å². The van der Waals surface area contributed by atoms with Crippen LogP contribution in [0.4, 0.5) is 4.39 Å². The molecule has 1 aromatic carbocycles. The molecule has 4 heteroatoms. The minimum Gasteiger partial charge on any atom is -0.302 e. The lowest BCUT2D eigenvalue weighted by Crippen LogP contribution is -2.18. The summed E-state index contributed by atoms with van der Waals surface area (Å²) < 4.78 is 14.7. The molecule has 0 aliphatic rings. The van der Waals surface area contributed by atoms with Crippen LogP contribution in [0.25, 0.3) is 11.1 Å². The highest BCUT2D eigenvalue weighted by molar-refractivity contribution is 5.61. The molecular weight excluding hydrogens is 195 g/mol. The lowest BCUT2D eigenvalue weighted by Gasteiger charge is -2.03. The minimum absolute atomic E-state index is 0.321. The Morgan fingerprint density at radius 3 is 2.73 bits per heavy atom. The van der Waals surface area contributed by atoms with Crippen LogP contribution in [0.15, 0.2) is 41.5 Å². The third-order valence-electron chi connectivity index (χ3n) is 2.13. The Balaban J connectivity index is 2.60. The third-order valence-corrected chi connectivity index (χ3v) is 2.13. The molecule has 15 heavy (non-hydrogen) atoms. The zero-order valence-corrected chi connectivity index (χ0v) is 8.14. The van der Waals surface area contributed by atoms with Gasteiger partial charge in [-0.3, -0.25) is 0 Å². The smallest absolute Gasteiger partial charge is 0.302 e. The van der Waals surface area contributed by atoms with Gasteiger partial charge in [-0.1, -0.05) is 18.2 Å². The van der Waals surface area contributed by atoms with Gasteiger partial charge < -0.3 is 4.57 Å². The van der Waals surface area contributed by atoms with Crippen LogP contribution in [-0.2, 0) is 7.05 Å². The molecule has 2 rings (SSSR count). The third kappa shape index (κ3) is 1.79. The molecule has 3 nitrogen and oxygen atoms in total. The SMILES string of the molecule is Cn1cc(-c2ccccc2F)cnc1=O. The van der Waals surface area contributed by atoms with E-state index in [2.05, 4.69) is 4.98 Å². The van der Waals surface area contributed by atoms with Gasteiger partial charge in [0, 0.05) is 30.6 Å². The van der Waals surface area contributed by atoms with Crippen molar-refractivity contribution in [2.45, 2.75) is 0 Å². The van der Waals surface area contributed by atoms with Gasteiger partial charge in [0.15, 0.2) is 0 Å². The van der Waals surface area contributed by atoms with E-state index in [0.717, 1.165) is 0 Å². The Bertz CT molecular complexity index is 548. The van der Waals surface area contributed by atoms with Gasteiger partial charge >= 0.3 is 5.69 Å². The first-order chi connectivity index (χ1) is 7.18. The Kier molecular flexibility index (Phi) is 2.33. The van der Waals surface area contributed by atoms with Crippen LogP contribution in [0.2, 0.25) is 0 Å². The summed E-state index contributed by atoms with van der Waals surface area (Å²) in [6, 6.07) is 6.38. The minimum atomic E-state index is -0.352. The predicted octanol–water partition coefficient (Wildman–Crippen LogP) is 1.59.